The monoisotopic (exact) mass is 1920 g/mol. The molecule has 0 atom stereocenters. The van der Waals surface area contributed by atoms with Gasteiger partial charge in [-0.2, -0.15) is 0 Å². The zero-order valence-corrected chi connectivity index (χ0v) is 78.1. The fourth-order valence-electron chi connectivity index (χ4n) is 14.3. The Bertz CT molecular complexity index is 6650. The lowest BCUT2D eigenvalue weighted by molar-refractivity contribution is 0.0967. The summed E-state index contributed by atoms with van der Waals surface area (Å²) >= 11 is 45.7. The van der Waals surface area contributed by atoms with E-state index in [0.717, 1.165) is 152 Å². The van der Waals surface area contributed by atoms with Crippen LogP contribution in [-0.2, 0) is 78.6 Å². The molecule has 4 aromatic heterocycles. The van der Waals surface area contributed by atoms with E-state index >= 15 is 0 Å². The van der Waals surface area contributed by atoms with Crippen LogP contribution in [0.1, 0.15) is 134 Å². The van der Waals surface area contributed by atoms with Crippen LogP contribution in [0, 0.1) is 27.7 Å². The van der Waals surface area contributed by atoms with E-state index in [9.17, 15) is 52.8 Å². The third-order valence-electron chi connectivity index (χ3n) is 19.6. The molecule has 6 N–H and O–H groups in total. The van der Waals surface area contributed by atoms with Gasteiger partial charge in [-0.3, -0.25) is 19.2 Å². The first-order valence-corrected chi connectivity index (χ1v) is 50.4. The number of thiophene rings is 2. The number of aromatic amines is 2. The van der Waals surface area contributed by atoms with E-state index in [4.69, 9.17) is 100 Å². The van der Waals surface area contributed by atoms with Gasteiger partial charge < -0.3 is 28.9 Å². The Kier molecular flexibility index (Phi) is 32.0. The number of carbonyl (C=O) groups is 4. The SMILES string of the molecule is CS(=O)(=O)NC(=O)c1[nH]c2cc(Cl)ccc2c1CCCOc1ccc(Cl)c2ccccc12.CS(=O)(=O)NC(=O)c1[nH]c2cc(Cl)ccc2c1CCCOc1cccc2c1CCCC2.Cc1cc(OCCCc2c(C(=O)NS(C)(=O)=O)sc3cc(Cl)ccc23)cc(C)c1Cl.Cc1cc(OCCCc2c(C(=O)NS(C)(=O)=O)sc3cccc(Cl)c23)cc(C)c1Cl. The van der Waals surface area contributed by atoms with Crippen LogP contribution < -0.4 is 37.8 Å². The highest BCUT2D eigenvalue weighted by atomic mass is 35.5. The van der Waals surface area contributed by atoms with Crippen molar-refractivity contribution < 1.29 is 71.8 Å². The van der Waals surface area contributed by atoms with Crippen LogP contribution in [0.15, 0.2) is 152 Å². The number of rotatable bonds is 28. The first-order valence-electron chi connectivity index (χ1n) is 38.6. The fourth-order valence-corrected chi connectivity index (χ4v) is 20.0. The maximum Gasteiger partial charge on any atom is 0.281 e. The third-order valence-corrected chi connectivity index (χ3v) is 26.7. The van der Waals surface area contributed by atoms with Crippen molar-refractivity contribution in [2.24, 2.45) is 0 Å². The third kappa shape index (κ3) is 25.7. The molecule has 4 amide bonds. The molecular weight excluding hydrogens is 1840 g/mol. The number of sulfonamides is 4. The number of benzene rings is 9. The van der Waals surface area contributed by atoms with Crippen molar-refractivity contribution in [1.29, 1.82) is 0 Å². The lowest BCUT2D eigenvalue weighted by Gasteiger charge is -2.19. The summed E-state index contributed by atoms with van der Waals surface area (Å²) in [5.74, 6) is 0.486. The molecule has 13 aromatic rings. The van der Waals surface area contributed by atoms with E-state index < -0.39 is 63.7 Å². The predicted octanol–water partition coefficient (Wildman–Crippen LogP) is 20.8. The maximum atomic E-state index is 12.6. The summed E-state index contributed by atoms with van der Waals surface area (Å²) in [6.07, 6.45) is 13.0. The summed E-state index contributed by atoms with van der Waals surface area (Å²) in [7, 11) is -14.7. The van der Waals surface area contributed by atoms with E-state index in [0.29, 0.717) is 129 Å². The van der Waals surface area contributed by atoms with Crippen molar-refractivity contribution in [3.63, 3.8) is 0 Å². The van der Waals surface area contributed by atoms with Crippen LogP contribution in [0.5, 0.6) is 23.0 Å². The minimum absolute atomic E-state index is 0.199. The summed E-state index contributed by atoms with van der Waals surface area (Å²) in [5, 5.41) is 9.42. The van der Waals surface area contributed by atoms with Crippen LogP contribution in [0.3, 0.4) is 0 Å². The van der Waals surface area contributed by atoms with E-state index in [2.05, 4.69) is 20.8 Å². The largest absolute Gasteiger partial charge is 0.494 e. The van der Waals surface area contributed by atoms with Gasteiger partial charge in [0.05, 0.1) is 61.2 Å². The van der Waals surface area contributed by atoms with Gasteiger partial charge >= 0.3 is 0 Å². The Labute approximate surface area is 757 Å². The second kappa shape index (κ2) is 41.5. The summed E-state index contributed by atoms with van der Waals surface area (Å²) in [5.41, 5.74) is 11.3. The van der Waals surface area contributed by atoms with Crippen molar-refractivity contribution in [2.75, 3.05) is 51.5 Å². The second-order valence-electron chi connectivity index (χ2n) is 29.5. The summed E-state index contributed by atoms with van der Waals surface area (Å²) in [6, 6.07) is 46.5. The highest BCUT2D eigenvalue weighted by Gasteiger charge is 2.27. The van der Waals surface area contributed by atoms with Gasteiger partial charge in [0.1, 0.15) is 34.4 Å². The molecule has 0 radical (unpaired) electrons. The zero-order chi connectivity index (χ0) is 89.0. The molecule has 0 spiro atoms. The maximum absolute atomic E-state index is 12.6. The molecule has 22 nitrogen and oxygen atoms in total. The quantitative estimate of drug-likeness (QED) is 0.0248. The van der Waals surface area contributed by atoms with Crippen LogP contribution in [0.4, 0.5) is 0 Å². The number of aryl methyl sites for hydroxylation is 9. The number of fused-ring (bicyclic) bond motifs is 6. The van der Waals surface area contributed by atoms with Crippen LogP contribution in [-0.4, -0.2) is 119 Å². The number of carbonyl (C=O) groups excluding carboxylic acids is 4. The first-order chi connectivity index (χ1) is 58.2. The van der Waals surface area contributed by atoms with Crippen molar-refractivity contribution in [3.8, 4) is 23.0 Å². The summed E-state index contributed by atoms with van der Waals surface area (Å²) < 4.78 is 126. The molecule has 0 saturated carbocycles. The molecule has 0 bridgehead atoms. The second-order valence-corrected chi connectivity index (χ2v) is 41.4. The van der Waals surface area contributed by atoms with Crippen molar-refractivity contribution in [1.82, 2.24) is 28.9 Å². The van der Waals surface area contributed by atoms with Gasteiger partial charge in [-0.1, -0.05) is 142 Å². The van der Waals surface area contributed by atoms with Gasteiger partial charge in [0.15, 0.2) is 0 Å². The Balaban J connectivity index is 0.000000160. The normalized spacial score (nSPS) is 12.2. The zero-order valence-electron chi connectivity index (χ0n) is 67.9. The van der Waals surface area contributed by atoms with Crippen molar-refractivity contribution in [3.05, 3.63) is 264 Å². The Morgan fingerprint density at radius 2 is 0.797 bits per heavy atom. The molecule has 4 heterocycles. The average Bonchev–Trinajstić information content (AvgIpc) is 1.23. The molecule has 0 fully saturated rings. The molecule has 0 unspecified atom stereocenters. The smallest absolute Gasteiger partial charge is 0.281 e. The summed E-state index contributed by atoms with van der Waals surface area (Å²) in [6.45, 7) is 9.48. The van der Waals surface area contributed by atoms with E-state index in [1.807, 2.05) is 133 Å². The van der Waals surface area contributed by atoms with Crippen LogP contribution in [0.2, 0.25) is 35.2 Å². The Hall–Kier alpha value is -8.85. The first kappa shape index (κ1) is 94.8. The molecule has 650 valence electrons. The van der Waals surface area contributed by atoms with Gasteiger partial charge in [-0.05, 0) is 257 Å². The minimum atomic E-state index is -3.70. The number of hydrogen-bond acceptors (Lipinski definition) is 18. The highest BCUT2D eigenvalue weighted by Crippen LogP contribution is 2.40. The Morgan fingerprint density at radius 3 is 1.30 bits per heavy atom. The average molecular weight is 1930 g/mol. The van der Waals surface area contributed by atoms with Gasteiger partial charge in [0, 0.05) is 82.5 Å². The molecule has 1 aliphatic carbocycles. The van der Waals surface area contributed by atoms with Crippen LogP contribution in [0.25, 0.3) is 52.8 Å². The molecule has 123 heavy (non-hydrogen) atoms. The van der Waals surface area contributed by atoms with Gasteiger partial charge in [0.2, 0.25) is 40.1 Å². The topological polar surface area (TPSA) is 321 Å². The molecule has 0 aliphatic heterocycles. The number of hydrogen-bond donors (Lipinski definition) is 6. The van der Waals surface area contributed by atoms with E-state index in [-0.39, 0.29) is 11.4 Å². The molecule has 0 saturated heterocycles. The number of amides is 4. The van der Waals surface area contributed by atoms with Crippen LogP contribution >= 0.6 is 104 Å². The number of aromatic nitrogens is 2. The minimum Gasteiger partial charge on any atom is -0.494 e. The number of ether oxygens (including phenoxy) is 4. The number of halogens is 7. The Morgan fingerprint density at radius 1 is 0.382 bits per heavy atom. The molecule has 1 aliphatic rings. The number of H-pyrrole nitrogens is 2. The van der Waals surface area contributed by atoms with E-state index in [1.165, 1.54) is 46.6 Å². The fraction of sp³-hybridized carbons (Fsp3) is 0.273. The number of nitrogens with one attached hydrogen (secondary N) is 6. The highest BCUT2D eigenvalue weighted by molar-refractivity contribution is 7.90. The summed E-state index contributed by atoms with van der Waals surface area (Å²) in [4.78, 5) is 57.0. The molecule has 14 rings (SSSR count). The standard InChI is InChI=1S/C23H20Cl2N2O4S.C23H25ClN2O4S.2C21H21Cl2NO4S2/c1-32(29,30)27-23(28)22-18(16-9-8-14(24)13-20(16)26-22)7-4-12-31-21-11-10-19(25)15-5-2-3-6-17(15)21;1-31(28,29)26-23(27)22-19(18-12-11-16(24)14-20(18)25-22)9-5-13-30-21-10-4-7-15-6-2-3-8-17(15)21;1-12-10-14(11-13(2)19(12)23)28-9-5-6-15-18-16(22)7-4-8-17(18)29-20(15)21(25)24-30(3,26)27;1-12-9-15(10-13(2)19(12)23)28-8-4-5-17-16-7-6-14(22)11-18(16)29-20(17)21(25)24-30(3,26)27/h2-3,5-6,8-11,13,26H,4,7,12H2,1H3,(H,27,28);4,7,10-12,14,25H,2-3,5-6,8-9,13H2,1H3,(H,26,27);4,7-8,10-11H,5-6,9H2,1-3H3,(H,24,25);6-7,9-11H,4-5,8H2,1-3H3,(H,24,25). The van der Waals surface area contributed by atoms with E-state index in [1.54, 1.807) is 54.6 Å². The molecular formula is C88H87Cl7N6O16S6. The molecule has 9 aromatic carbocycles. The lowest BCUT2D eigenvalue weighted by atomic mass is 9.91. The van der Waals surface area contributed by atoms with Crippen molar-refractivity contribution >= 4 is 220 Å². The van der Waals surface area contributed by atoms with Crippen molar-refractivity contribution in [2.45, 2.75) is 105 Å². The lowest BCUT2D eigenvalue weighted by Crippen LogP contribution is -2.30. The predicted molar refractivity (Wildman–Crippen MR) is 499 cm³/mol. The van der Waals surface area contributed by atoms with Gasteiger partial charge in [0.25, 0.3) is 23.6 Å². The van der Waals surface area contributed by atoms with Gasteiger partial charge in [-0.15, -0.1) is 22.7 Å². The molecule has 35 heteroatoms. The van der Waals surface area contributed by atoms with Gasteiger partial charge in [-0.25, -0.2) is 52.6 Å².